The maximum absolute atomic E-state index is 12.3. The first kappa shape index (κ1) is 19.8. The van der Waals surface area contributed by atoms with Crippen LogP contribution in [0.5, 0.6) is 0 Å². The van der Waals surface area contributed by atoms with Crippen LogP contribution in [0.3, 0.4) is 0 Å². The molecule has 29 heavy (non-hydrogen) atoms. The van der Waals surface area contributed by atoms with Gasteiger partial charge in [0.25, 0.3) is 0 Å². The normalized spacial score (nSPS) is 16.3. The van der Waals surface area contributed by atoms with Crippen LogP contribution in [-0.2, 0) is 4.74 Å². The number of aromatic nitrogens is 4. The quantitative estimate of drug-likeness (QED) is 0.617. The molecule has 1 aliphatic heterocycles. The number of esters is 1. The zero-order valence-corrected chi connectivity index (χ0v) is 17.6. The van der Waals surface area contributed by atoms with Crippen molar-refractivity contribution >= 4 is 33.3 Å². The zero-order chi connectivity index (χ0) is 20.5. The van der Waals surface area contributed by atoms with Crippen molar-refractivity contribution < 1.29 is 14.6 Å². The molecule has 0 spiro atoms. The fraction of sp³-hybridized carbons (Fsp3) is 0.500. The number of H-pyrrole nitrogens is 1. The van der Waals surface area contributed by atoms with Crippen LogP contribution in [0, 0.1) is 19.8 Å². The van der Waals surface area contributed by atoms with Gasteiger partial charge in [-0.3, -0.25) is 0 Å². The van der Waals surface area contributed by atoms with Gasteiger partial charge in [-0.2, -0.15) is 0 Å². The van der Waals surface area contributed by atoms with E-state index in [0.29, 0.717) is 23.1 Å². The third-order valence-corrected chi connectivity index (χ3v) is 6.59. The summed E-state index contributed by atoms with van der Waals surface area (Å²) in [6.45, 7) is 7.50. The SMILES string of the molecule is CCOC(=O)c1sc2nc(C)nc(N3CCC(C(O)c4ncc[nH]4)CC3)c2c1C. The van der Waals surface area contributed by atoms with E-state index >= 15 is 0 Å². The van der Waals surface area contributed by atoms with E-state index in [9.17, 15) is 9.90 Å². The number of aryl methyl sites for hydroxylation is 2. The van der Waals surface area contributed by atoms with Crippen LogP contribution < -0.4 is 4.90 Å². The van der Waals surface area contributed by atoms with Gasteiger partial charge in [-0.25, -0.2) is 19.7 Å². The number of anilines is 1. The lowest BCUT2D eigenvalue weighted by atomic mass is 9.90. The highest BCUT2D eigenvalue weighted by Crippen LogP contribution is 2.38. The number of nitrogens with zero attached hydrogens (tertiary/aromatic N) is 4. The number of hydrogen-bond donors (Lipinski definition) is 2. The molecule has 2 N–H and O–H groups in total. The monoisotopic (exact) mass is 415 g/mol. The largest absolute Gasteiger partial charge is 0.462 e. The van der Waals surface area contributed by atoms with E-state index in [2.05, 4.69) is 19.9 Å². The predicted molar refractivity (Wildman–Crippen MR) is 111 cm³/mol. The Morgan fingerprint density at radius 2 is 2.14 bits per heavy atom. The molecule has 9 heteroatoms. The molecular weight excluding hydrogens is 390 g/mol. The van der Waals surface area contributed by atoms with E-state index < -0.39 is 6.10 Å². The number of aliphatic hydroxyl groups is 1. The molecule has 1 saturated heterocycles. The third kappa shape index (κ3) is 3.72. The Bertz CT molecular complexity index is 1010. The molecular formula is C20H25N5O3S. The summed E-state index contributed by atoms with van der Waals surface area (Å²) in [5.74, 6) is 2.01. The third-order valence-electron chi connectivity index (χ3n) is 5.43. The highest BCUT2D eigenvalue weighted by atomic mass is 32.1. The molecule has 0 saturated carbocycles. The molecule has 0 aliphatic carbocycles. The number of fused-ring (bicyclic) bond motifs is 1. The van der Waals surface area contributed by atoms with Crippen LogP contribution in [0.1, 0.15) is 52.8 Å². The number of imidazole rings is 1. The zero-order valence-electron chi connectivity index (χ0n) is 16.8. The molecule has 0 bridgehead atoms. The van der Waals surface area contributed by atoms with Crippen LogP contribution in [0.15, 0.2) is 12.4 Å². The average molecular weight is 416 g/mol. The minimum Gasteiger partial charge on any atom is -0.462 e. The maximum atomic E-state index is 12.3. The molecule has 1 atom stereocenters. The van der Waals surface area contributed by atoms with Gasteiger partial charge in [0.1, 0.15) is 33.3 Å². The molecule has 0 aromatic carbocycles. The smallest absolute Gasteiger partial charge is 0.348 e. The van der Waals surface area contributed by atoms with E-state index in [-0.39, 0.29) is 11.9 Å². The lowest BCUT2D eigenvalue weighted by molar-refractivity contribution is 0.0531. The fourth-order valence-electron chi connectivity index (χ4n) is 3.93. The number of rotatable bonds is 5. The van der Waals surface area contributed by atoms with Gasteiger partial charge in [0.05, 0.1) is 12.0 Å². The van der Waals surface area contributed by atoms with Crippen LogP contribution in [0.4, 0.5) is 5.82 Å². The first-order chi connectivity index (χ1) is 14.0. The van der Waals surface area contributed by atoms with Crippen molar-refractivity contribution in [1.82, 2.24) is 19.9 Å². The van der Waals surface area contributed by atoms with E-state index in [1.807, 2.05) is 13.8 Å². The van der Waals surface area contributed by atoms with Crippen LogP contribution in [0.2, 0.25) is 0 Å². The van der Waals surface area contributed by atoms with Crippen molar-refractivity contribution in [2.45, 2.75) is 39.7 Å². The summed E-state index contributed by atoms with van der Waals surface area (Å²) in [6, 6.07) is 0. The first-order valence-corrected chi connectivity index (χ1v) is 10.7. The highest BCUT2D eigenvalue weighted by molar-refractivity contribution is 7.20. The Hall–Kier alpha value is -2.52. The van der Waals surface area contributed by atoms with Crippen molar-refractivity contribution in [2.75, 3.05) is 24.6 Å². The van der Waals surface area contributed by atoms with Crippen molar-refractivity contribution in [3.63, 3.8) is 0 Å². The van der Waals surface area contributed by atoms with E-state index in [4.69, 9.17) is 9.72 Å². The minimum absolute atomic E-state index is 0.148. The Morgan fingerprint density at radius 1 is 1.38 bits per heavy atom. The number of carbonyl (C=O) groups is 1. The fourth-order valence-corrected chi connectivity index (χ4v) is 5.05. The number of carbonyl (C=O) groups excluding carboxylic acids is 1. The van der Waals surface area contributed by atoms with E-state index in [1.54, 1.807) is 19.3 Å². The summed E-state index contributed by atoms with van der Waals surface area (Å²) < 4.78 is 5.20. The number of hydrogen-bond acceptors (Lipinski definition) is 8. The van der Waals surface area contributed by atoms with Crippen molar-refractivity contribution in [1.29, 1.82) is 0 Å². The van der Waals surface area contributed by atoms with Crippen molar-refractivity contribution in [3.8, 4) is 0 Å². The molecule has 1 aliphatic rings. The van der Waals surface area contributed by atoms with Crippen LogP contribution in [-0.4, -0.2) is 50.7 Å². The lowest BCUT2D eigenvalue weighted by Crippen LogP contribution is -2.36. The summed E-state index contributed by atoms with van der Waals surface area (Å²) >= 11 is 1.36. The van der Waals surface area contributed by atoms with Crippen molar-refractivity contribution in [2.24, 2.45) is 5.92 Å². The number of thiophene rings is 1. The summed E-state index contributed by atoms with van der Waals surface area (Å²) in [6.07, 6.45) is 4.47. The van der Waals surface area contributed by atoms with Crippen LogP contribution >= 0.6 is 11.3 Å². The average Bonchev–Trinajstić information content (AvgIpc) is 3.36. The van der Waals surface area contributed by atoms with Gasteiger partial charge in [-0.05, 0) is 45.1 Å². The van der Waals surface area contributed by atoms with Gasteiger partial charge in [0, 0.05) is 25.5 Å². The summed E-state index contributed by atoms with van der Waals surface area (Å²) in [5.41, 5.74) is 0.871. The van der Waals surface area contributed by atoms with E-state index in [0.717, 1.165) is 47.5 Å². The number of aromatic amines is 1. The molecule has 154 valence electrons. The van der Waals surface area contributed by atoms with Gasteiger partial charge in [-0.15, -0.1) is 11.3 Å². The molecule has 3 aromatic heterocycles. The first-order valence-electron chi connectivity index (χ1n) is 9.86. The van der Waals surface area contributed by atoms with Crippen LogP contribution in [0.25, 0.3) is 10.2 Å². The van der Waals surface area contributed by atoms with Gasteiger partial charge >= 0.3 is 5.97 Å². The Morgan fingerprint density at radius 3 is 2.79 bits per heavy atom. The molecule has 0 radical (unpaired) electrons. The minimum atomic E-state index is -0.586. The number of ether oxygens (including phenoxy) is 1. The Balaban J connectivity index is 1.60. The molecule has 8 nitrogen and oxygen atoms in total. The van der Waals surface area contributed by atoms with Gasteiger partial charge in [0.15, 0.2) is 0 Å². The van der Waals surface area contributed by atoms with Gasteiger partial charge in [-0.1, -0.05) is 0 Å². The molecule has 3 aromatic rings. The number of nitrogens with one attached hydrogen (secondary N) is 1. The van der Waals surface area contributed by atoms with E-state index in [1.165, 1.54) is 11.3 Å². The Kier molecular flexibility index (Phi) is 5.51. The standard InChI is InChI=1S/C20H25N5O3S/c1-4-28-20(27)16-11(2)14-18(23-12(3)24-19(14)29-16)25-9-5-13(6-10-25)15(26)17-21-7-8-22-17/h7-8,13,15,26H,4-6,9-10H2,1-3H3,(H,21,22). The van der Waals surface area contributed by atoms with Gasteiger partial charge in [0.2, 0.25) is 0 Å². The Labute approximate surface area is 173 Å². The number of piperidine rings is 1. The molecule has 1 fully saturated rings. The second-order valence-corrected chi connectivity index (χ2v) is 8.29. The second kappa shape index (κ2) is 8.08. The summed E-state index contributed by atoms with van der Waals surface area (Å²) in [7, 11) is 0. The second-order valence-electron chi connectivity index (χ2n) is 7.29. The predicted octanol–water partition coefficient (Wildman–Crippen LogP) is 3.16. The molecule has 4 rings (SSSR count). The lowest BCUT2D eigenvalue weighted by Gasteiger charge is -2.34. The maximum Gasteiger partial charge on any atom is 0.348 e. The molecule has 4 heterocycles. The molecule has 1 unspecified atom stereocenters. The topological polar surface area (TPSA) is 104 Å². The van der Waals surface area contributed by atoms with Crippen molar-refractivity contribution in [3.05, 3.63) is 34.5 Å². The summed E-state index contributed by atoms with van der Waals surface area (Å²) in [4.78, 5) is 32.4. The number of aliphatic hydroxyl groups excluding tert-OH is 1. The van der Waals surface area contributed by atoms with Gasteiger partial charge < -0.3 is 19.7 Å². The summed E-state index contributed by atoms with van der Waals surface area (Å²) in [5, 5.41) is 11.5. The molecule has 0 amide bonds. The highest BCUT2D eigenvalue weighted by Gasteiger charge is 2.30.